The van der Waals surface area contributed by atoms with Crippen molar-refractivity contribution in [2.45, 2.75) is 102 Å². The predicted molar refractivity (Wildman–Crippen MR) is 168 cm³/mol. The highest BCUT2D eigenvalue weighted by Crippen LogP contribution is 2.43. The van der Waals surface area contributed by atoms with Crippen molar-refractivity contribution in [2.75, 3.05) is 0 Å². The maximum atomic E-state index is 16.0. The lowest BCUT2D eigenvalue weighted by Gasteiger charge is -2.36. The van der Waals surface area contributed by atoms with Gasteiger partial charge in [0.05, 0.1) is 19.2 Å². The van der Waals surface area contributed by atoms with Gasteiger partial charge < -0.3 is 4.43 Å². The fraction of sp³-hybridized carbons (Fsp3) is 0.471. The molecule has 0 radical (unpaired) electrons. The van der Waals surface area contributed by atoms with Crippen molar-refractivity contribution in [3.8, 4) is 16.9 Å². The molecule has 0 spiro atoms. The molecule has 254 valence electrons. The molecule has 0 amide bonds. The van der Waals surface area contributed by atoms with Gasteiger partial charge in [-0.25, -0.2) is 35.1 Å². The number of benzene rings is 3. The number of hydrogen-bond acceptors (Lipinski definition) is 1. The van der Waals surface area contributed by atoms with Crippen LogP contribution in [0, 0.1) is 52.4 Å². The Morgan fingerprint density at radius 1 is 0.543 bits per heavy atom. The summed E-state index contributed by atoms with van der Waals surface area (Å²) in [7, 11) is -4.71. The molecule has 3 rings (SSSR count). The topological polar surface area (TPSA) is 9.23 Å². The minimum atomic E-state index is -3.41. The average molecular weight is 693 g/mol. The molecule has 1 nitrogen and oxygen atoms in total. The molecule has 0 heterocycles. The molecule has 3 aromatic rings. The van der Waals surface area contributed by atoms with Crippen molar-refractivity contribution in [3.63, 3.8) is 0 Å². The smallest absolute Gasteiger partial charge is 0.258 e. The Bertz CT molecular complexity index is 1460. The number of hydrogen-bond donors (Lipinski definition) is 0. The Kier molecular flexibility index (Phi) is 13.0. The van der Waals surface area contributed by atoms with E-state index in [4.69, 9.17) is 4.43 Å². The van der Waals surface area contributed by atoms with Crippen LogP contribution in [0.4, 0.5) is 39.5 Å². The summed E-state index contributed by atoms with van der Waals surface area (Å²) < 4.78 is 138. The van der Waals surface area contributed by atoms with Crippen molar-refractivity contribution in [3.05, 3.63) is 88.3 Å². The first-order valence-corrected chi connectivity index (χ1v) is 21.0. The largest absolute Gasteiger partial charge is 0.539 e. The molecule has 0 fully saturated rings. The van der Waals surface area contributed by atoms with Crippen molar-refractivity contribution < 1.29 is 43.9 Å². The van der Waals surface area contributed by atoms with Gasteiger partial charge in [-0.3, -0.25) is 0 Å². The zero-order valence-electron chi connectivity index (χ0n) is 26.8. The van der Waals surface area contributed by atoms with Crippen molar-refractivity contribution in [1.82, 2.24) is 0 Å². The van der Waals surface area contributed by atoms with E-state index in [9.17, 15) is 30.7 Å². The minimum absolute atomic E-state index is 0.207. The molecule has 0 aliphatic rings. The van der Waals surface area contributed by atoms with Gasteiger partial charge >= 0.3 is 0 Å². The van der Waals surface area contributed by atoms with Crippen molar-refractivity contribution in [1.29, 1.82) is 0 Å². The molecule has 46 heavy (non-hydrogen) atoms. The van der Waals surface area contributed by atoms with Gasteiger partial charge in [-0.2, -0.15) is 4.39 Å². The third-order valence-corrected chi connectivity index (χ3v) is 20.5. The van der Waals surface area contributed by atoms with Crippen LogP contribution < -0.4 is 4.43 Å². The quantitative estimate of drug-likeness (QED) is 0.0477. The number of rotatable bonds is 16. The van der Waals surface area contributed by atoms with Crippen molar-refractivity contribution >= 4 is 16.4 Å². The van der Waals surface area contributed by atoms with E-state index in [1.54, 1.807) is 44.2 Å². The molecule has 1 atom stereocenters. The second-order valence-corrected chi connectivity index (χ2v) is 22.3. The van der Waals surface area contributed by atoms with Crippen LogP contribution in [-0.4, -0.2) is 16.4 Å². The summed E-state index contributed by atoms with van der Waals surface area (Å²) in [5.41, 5.74) is -3.59. The zero-order chi connectivity index (χ0) is 34.4. The zero-order valence-corrected chi connectivity index (χ0v) is 28.8. The highest BCUT2D eigenvalue weighted by molar-refractivity contribution is 6.79. The lowest BCUT2D eigenvalue weighted by molar-refractivity contribution is 0.372. The van der Waals surface area contributed by atoms with E-state index >= 15 is 8.78 Å². The third kappa shape index (κ3) is 7.69. The second kappa shape index (κ2) is 15.9. The van der Waals surface area contributed by atoms with E-state index in [0.717, 1.165) is 24.8 Å². The van der Waals surface area contributed by atoms with Crippen LogP contribution in [0.2, 0.25) is 35.8 Å². The predicted octanol–water partition coefficient (Wildman–Crippen LogP) is 12.2. The molecule has 0 N–H and O–H groups in total. The minimum Gasteiger partial charge on any atom is -0.539 e. The van der Waals surface area contributed by atoms with Gasteiger partial charge in [0, 0.05) is 6.04 Å². The summed E-state index contributed by atoms with van der Waals surface area (Å²) in [5.74, 6) is -23.2. The van der Waals surface area contributed by atoms with Crippen LogP contribution in [-0.2, 0) is 6.04 Å². The van der Waals surface area contributed by atoms with Crippen LogP contribution in [0.15, 0.2) is 30.3 Å². The molecular weight excluding hydrogens is 652 g/mol. The van der Waals surface area contributed by atoms with E-state index in [2.05, 4.69) is 20.8 Å². The van der Waals surface area contributed by atoms with Gasteiger partial charge in [0.1, 0.15) is 0 Å². The van der Waals surface area contributed by atoms with E-state index in [1.165, 1.54) is 24.2 Å². The maximum absolute atomic E-state index is 16.0. The molecule has 1 unspecified atom stereocenters. The molecule has 3 aromatic carbocycles. The normalized spacial score (nSPS) is 13.4. The first-order valence-electron chi connectivity index (χ1n) is 15.8. The van der Waals surface area contributed by atoms with Gasteiger partial charge in [-0.05, 0) is 17.1 Å². The Morgan fingerprint density at radius 2 is 0.978 bits per heavy atom. The Hall–Kier alpha value is -2.74. The molecule has 0 aliphatic carbocycles. The van der Waals surface area contributed by atoms with E-state index in [0.29, 0.717) is 12.5 Å². The lowest BCUT2D eigenvalue weighted by atomic mass is 10.0. The summed E-state index contributed by atoms with van der Waals surface area (Å²) in [5, 5.41) is 0. The molecule has 0 saturated heterocycles. The fourth-order valence-electron chi connectivity index (χ4n) is 6.23. The van der Waals surface area contributed by atoms with Crippen LogP contribution >= 0.6 is 0 Å². The summed E-state index contributed by atoms with van der Waals surface area (Å²) >= 11 is 0. The lowest BCUT2D eigenvalue weighted by Crippen LogP contribution is -2.48. The monoisotopic (exact) mass is 692 g/mol. The Balaban J connectivity index is 2.07. The molecule has 0 aliphatic heterocycles. The summed E-state index contributed by atoms with van der Waals surface area (Å²) in [4.78, 5) is 0. The van der Waals surface area contributed by atoms with Crippen LogP contribution in [0.5, 0.6) is 5.75 Å². The maximum Gasteiger partial charge on any atom is 0.258 e. The molecule has 12 heteroatoms. The Morgan fingerprint density at radius 3 is 1.46 bits per heavy atom. The van der Waals surface area contributed by atoms with E-state index in [-0.39, 0.29) is 11.6 Å². The Labute approximate surface area is 267 Å². The van der Waals surface area contributed by atoms with Crippen LogP contribution in [0.1, 0.15) is 65.9 Å². The first kappa shape index (κ1) is 37.7. The standard InChI is InChI=1S/C34H41F9OSi2/c1-6-45(7-2,8-3)18-14-9-10-15-19-46(21(4)5,20-22-16-12-11-13-17-22)44-34-28(38)24(27(37)31(41)33(34)43)23-25(35)29(39)32(42)30(40)26(23)36/h11-13,16-17,21H,6-10,14-15,18-20H2,1-5H3. The van der Waals surface area contributed by atoms with Gasteiger partial charge in [-0.15, -0.1) is 0 Å². The third-order valence-electron chi connectivity index (χ3n) is 9.69. The average Bonchev–Trinajstić information content (AvgIpc) is 3.05. The molecule has 0 saturated carbocycles. The van der Waals surface area contributed by atoms with Gasteiger partial charge in [-0.1, -0.05) is 115 Å². The summed E-state index contributed by atoms with van der Waals surface area (Å²) in [6.07, 6.45) is 3.38. The van der Waals surface area contributed by atoms with Crippen LogP contribution in [0.3, 0.4) is 0 Å². The highest BCUT2D eigenvalue weighted by atomic mass is 28.4. The van der Waals surface area contributed by atoms with Crippen LogP contribution in [0.25, 0.3) is 11.1 Å². The second-order valence-electron chi connectivity index (χ2n) is 12.4. The van der Waals surface area contributed by atoms with Crippen molar-refractivity contribution in [2.24, 2.45) is 0 Å². The number of halogens is 9. The van der Waals surface area contributed by atoms with Gasteiger partial charge in [0.15, 0.2) is 46.5 Å². The van der Waals surface area contributed by atoms with E-state index < -0.39 is 85.6 Å². The highest BCUT2D eigenvalue weighted by Gasteiger charge is 2.44. The number of unbranched alkanes of at least 4 members (excludes halogenated alkanes) is 3. The first-order chi connectivity index (χ1) is 21.7. The summed E-state index contributed by atoms with van der Waals surface area (Å²) in [6, 6.07) is 14.3. The van der Waals surface area contributed by atoms with Gasteiger partial charge in [0.2, 0.25) is 11.6 Å². The molecule has 0 aromatic heterocycles. The SMILES string of the molecule is CC[Si](CC)(CC)CCCCCC[Si](Cc1ccccc1)(Oc1c(F)c(F)c(F)c(-c2c(F)c(F)c(F)c(F)c2F)c1F)C(C)C. The van der Waals surface area contributed by atoms with E-state index in [1.807, 2.05) is 0 Å². The van der Waals surface area contributed by atoms with Gasteiger partial charge in [0.25, 0.3) is 8.32 Å². The molecule has 0 bridgehead atoms. The molecular formula is C34H41F9OSi2. The summed E-state index contributed by atoms with van der Waals surface area (Å²) in [6.45, 7) is 10.3. The fourth-order valence-corrected chi connectivity index (χ4v) is 13.7.